The molecule has 0 spiro atoms. The molecule has 0 aliphatic rings. The summed E-state index contributed by atoms with van der Waals surface area (Å²) in [7, 11) is 0. The first-order valence-electron chi connectivity index (χ1n) is 5.10. The molecule has 0 bridgehead atoms. The third-order valence-electron chi connectivity index (χ3n) is 2.12. The van der Waals surface area contributed by atoms with Crippen LogP contribution in [-0.4, -0.2) is 18.1 Å². The van der Waals surface area contributed by atoms with Crippen LogP contribution in [0.25, 0.3) is 0 Å². The van der Waals surface area contributed by atoms with E-state index in [0.717, 1.165) is 26.1 Å². The molecule has 3 nitrogen and oxygen atoms in total. The van der Waals surface area contributed by atoms with Crippen molar-refractivity contribution in [2.24, 2.45) is 11.7 Å². The van der Waals surface area contributed by atoms with Crippen LogP contribution in [0.1, 0.15) is 23.7 Å². The molecule has 0 fully saturated rings. The van der Waals surface area contributed by atoms with Gasteiger partial charge in [0.1, 0.15) is 5.01 Å². The number of rotatable bonds is 6. The highest BCUT2D eigenvalue weighted by Gasteiger charge is 2.01. The number of aromatic nitrogens is 1. The third kappa shape index (κ3) is 3.74. The van der Waals surface area contributed by atoms with Crippen LogP contribution in [0.2, 0.25) is 0 Å². The van der Waals surface area contributed by atoms with Crippen molar-refractivity contribution in [3.8, 4) is 0 Å². The van der Waals surface area contributed by atoms with E-state index in [2.05, 4.69) is 24.1 Å². The maximum absolute atomic E-state index is 5.52. The second-order valence-corrected chi connectivity index (χ2v) is 4.75. The first-order valence-corrected chi connectivity index (χ1v) is 5.92. The standard InChI is InChI=1S/C10H19N3S/c1-3-9-6-13-10(14-9)7-12-5-8(2)4-11/h6,8,12H,3-5,7,11H2,1-2H3. The fraction of sp³-hybridized carbons (Fsp3) is 0.700. The van der Waals surface area contributed by atoms with Gasteiger partial charge < -0.3 is 11.1 Å². The van der Waals surface area contributed by atoms with Crippen molar-refractivity contribution in [3.63, 3.8) is 0 Å². The molecule has 80 valence electrons. The summed E-state index contributed by atoms with van der Waals surface area (Å²) in [6, 6.07) is 0. The van der Waals surface area contributed by atoms with Gasteiger partial charge in [0.15, 0.2) is 0 Å². The van der Waals surface area contributed by atoms with Gasteiger partial charge in [0.05, 0.1) is 0 Å². The molecule has 1 aromatic heterocycles. The molecule has 1 atom stereocenters. The van der Waals surface area contributed by atoms with Crippen LogP contribution in [0.15, 0.2) is 6.20 Å². The van der Waals surface area contributed by atoms with Crippen molar-refractivity contribution < 1.29 is 0 Å². The summed E-state index contributed by atoms with van der Waals surface area (Å²) in [5.74, 6) is 0.542. The molecular formula is C10H19N3S. The molecular weight excluding hydrogens is 194 g/mol. The SMILES string of the molecule is CCc1cnc(CNCC(C)CN)s1. The number of hydrogen-bond acceptors (Lipinski definition) is 4. The number of nitrogens with one attached hydrogen (secondary N) is 1. The van der Waals surface area contributed by atoms with E-state index in [4.69, 9.17) is 5.73 Å². The van der Waals surface area contributed by atoms with Crippen molar-refractivity contribution in [2.75, 3.05) is 13.1 Å². The van der Waals surface area contributed by atoms with Crippen LogP contribution in [0.4, 0.5) is 0 Å². The van der Waals surface area contributed by atoms with Gasteiger partial charge in [0.25, 0.3) is 0 Å². The van der Waals surface area contributed by atoms with E-state index in [-0.39, 0.29) is 0 Å². The number of thiazole rings is 1. The highest BCUT2D eigenvalue weighted by atomic mass is 32.1. The van der Waals surface area contributed by atoms with Crippen LogP contribution in [0.3, 0.4) is 0 Å². The molecule has 3 N–H and O–H groups in total. The number of hydrogen-bond donors (Lipinski definition) is 2. The van der Waals surface area contributed by atoms with Gasteiger partial charge >= 0.3 is 0 Å². The summed E-state index contributed by atoms with van der Waals surface area (Å²) in [4.78, 5) is 5.69. The topological polar surface area (TPSA) is 50.9 Å². The molecule has 0 aromatic carbocycles. The first kappa shape index (κ1) is 11.6. The minimum Gasteiger partial charge on any atom is -0.330 e. The van der Waals surface area contributed by atoms with E-state index in [0.29, 0.717) is 5.92 Å². The summed E-state index contributed by atoms with van der Waals surface area (Å²) in [5.41, 5.74) is 5.52. The Balaban J connectivity index is 2.24. The molecule has 0 radical (unpaired) electrons. The van der Waals surface area contributed by atoms with Crippen molar-refractivity contribution in [2.45, 2.75) is 26.8 Å². The van der Waals surface area contributed by atoms with E-state index in [1.165, 1.54) is 9.88 Å². The predicted octanol–water partition coefficient (Wildman–Crippen LogP) is 1.39. The van der Waals surface area contributed by atoms with Gasteiger partial charge in [-0.2, -0.15) is 0 Å². The van der Waals surface area contributed by atoms with Crippen molar-refractivity contribution in [3.05, 3.63) is 16.1 Å². The molecule has 1 unspecified atom stereocenters. The van der Waals surface area contributed by atoms with E-state index >= 15 is 0 Å². The Morgan fingerprint density at radius 1 is 1.64 bits per heavy atom. The first-order chi connectivity index (χ1) is 6.76. The average Bonchev–Trinajstić information content (AvgIpc) is 2.65. The summed E-state index contributed by atoms with van der Waals surface area (Å²) >= 11 is 1.79. The molecule has 0 saturated heterocycles. The summed E-state index contributed by atoms with van der Waals surface area (Å²) in [6.45, 7) is 6.88. The Bertz CT molecular complexity index is 260. The van der Waals surface area contributed by atoms with Crippen LogP contribution in [0, 0.1) is 5.92 Å². The van der Waals surface area contributed by atoms with Gasteiger partial charge in [-0.1, -0.05) is 13.8 Å². The monoisotopic (exact) mass is 213 g/mol. The number of nitrogens with two attached hydrogens (primary N) is 1. The Hall–Kier alpha value is -0.450. The van der Waals surface area contributed by atoms with Crippen LogP contribution in [0.5, 0.6) is 0 Å². The zero-order valence-corrected chi connectivity index (χ0v) is 9.73. The van der Waals surface area contributed by atoms with Crippen LogP contribution >= 0.6 is 11.3 Å². The normalized spacial score (nSPS) is 13.1. The summed E-state index contributed by atoms with van der Waals surface area (Å²) in [5, 5.41) is 4.53. The molecule has 1 aromatic rings. The highest BCUT2D eigenvalue weighted by Crippen LogP contribution is 2.12. The van der Waals surface area contributed by atoms with Gasteiger partial charge in [-0.15, -0.1) is 11.3 Å². The van der Waals surface area contributed by atoms with Crippen LogP contribution < -0.4 is 11.1 Å². The molecule has 1 rings (SSSR count). The fourth-order valence-electron chi connectivity index (χ4n) is 1.10. The second-order valence-electron chi connectivity index (χ2n) is 3.55. The zero-order chi connectivity index (χ0) is 10.4. The second kappa shape index (κ2) is 6.11. The highest BCUT2D eigenvalue weighted by molar-refractivity contribution is 7.11. The maximum Gasteiger partial charge on any atom is 0.107 e. The Morgan fingerprint density at radius 3 is 3.00 bits per heavy atom. The van der Waals surface area contributed by atoms with Gasteiger partial charge in [-0.3, -0.25) is 0 Å². The Labute approximate surface area is 89.7 Å². The average molecular weight is 213 g/mol. The van der Waals surface area contributed by atoms with Gasteiger partial charge in [-0.25, -0.2) is 4.98 Å². The predicted molar refractivity (Wildman–Crippen MR) is 61.4 cm³/mol. The minimum atomic E-state index is 0.542. The van der Waals surface area contributed by atoms with Gasteiger partial charge in [0.2, 0.25) is 0 Å². The molecule has 1 heterocycles. The quantitative estimate of drug-likeness (QED) is 0.751. The summed E-state index contributed by atoms with van der Waals surface area (Å²) < 4.78 is 0. The lowest BCUT2D eigenvalue weighted by Gasteiger charge is -2.07. The van der Waals surface area contributed by atoms with Crippen LogP contribution in [-0.2, 0) is 13.0 Å². The molecule has 0 aliphatic heterocycles. The lowest BCUT2D eigenvalue weighted by Crippen LogP contribution is -2.25. The molecule has 14 heavy (non-hydrogen) atoms. The molecule has 0 amide bonds. The smallest absolute Gasteiger partial charge is 0.107 e. The van der Waals surface area contributed by atoms with Crippen molar-refractivity contribution in [1.82, 2.24) is 10.3 Å². The molecule has 4 heteroatoms. The van der Waals surface area contributed by atoms with Gasteiger partial charge in [-0.05, 0) is 25.4 Å². The largest absolute Gasteiger partial charge is 0.330 e. The molecule has 0 saturated carbocycles. The minimum absolute atomic E-state index is 0.542. The lowest BCUT2D eigenvalue weighted by atomic mass is 10.2. The third-order valence-corrected chi connectivity index (χ3v) is 3.26. The molecule has 0 aliphatic carbocycles. The van der Waals surface area contributed by atoms with Crippen molar-refractivity contribution >= 4 is 11.3 Å². The lowest BCUT2D eigenvalue weighted by molar-refractivity contribution is 0.521. The summed E-state index contributed by atoms with van der Waals surface area (Å²) in [6.07, 6.45) is 3.05. The Morgan fingerprint density at radius 2 is 2.43 bits per heavy atom. The van der Waals surface area contributed by atoms with E-state index in [1.54, 1.807) is 11.3 Å². The van der Waals surface area contributed by atoms with E-state index in [1.807, 2.05) is 6.20 Å². The van der Waals surface area contributed by atoms with Gasteiger partial charge in [0, 0.05) is 17.6 Å². The zero-order valence-electron chi connectivity index (χ0n) is 8.92. The van der Waals surface area contributed by atoms with E-state index in [9.17, 15) is 0 Å². The number of nitrogens with zero attached hydrogens (tertiary/aromatic N) is 1. The Kier molecular flexibility index (Phi) is 5.07. The van der Waals surface area contributed by atoms with Crippen molar-refractivity contribution in [1.29, 1.82) is 0 Å². The number of aryl methyl sites for hydroxylation is 1. The fourth-order valence-corrected chi connectivity index (χ4v) is 1.93. The maximum atomic E-state index is 5.52. The van der Waals surface area contributed by atoms with E-state index < -0.39 is 0 Å².